The lowest BCUT2D eigenvalue weighted by molar-refractivity contribution is 0.0940. The zero-order chi connectivity index (χ0) is 13.0. The summed E-state index contributed by atoms with van der Waals surface area (Å²) < 4.78 is 5.07. The molecule has 0 saturated carbocycles. The van der Waals surface area contributed by atoms with Crippen molar-refractivity contribution in [1.82, 2.24) is 25.5 Å². The van der Waals surface area contributed by atoms with E-state index in [1.54, 1.807) is 18.3 Å². The number of H-pyrrole nitrogens is 1. The number of methoxy groups -OCH3 is 1. The Morgan fingerprint density at radius 1 is 1.61 bits per heavy atom. The molecule has 8 nitrogen and oxygen atoms in total. The number of rotatable bonds is 4. The molecule has 18 heavy (non-hydrogen) atoms. The third-order valence-corrected chi connectivity index (χ3v) is 2.20. The van der Waals surface area contributed by atoms with Crippen molar-refractivity contribution in [3.8, 4) is 5.88 Å². The summed E-state index contributed by atoms with van der Waals surface area (Å²) in [6.07, 6.45) is 1.61. The van der Waals surface area contributed by atoms with Crippen LogP contribution in [0.5, 0.6) is 5.88 Å². The van der Waals surface area contributed by atoms with Gasteiger partial charge in [-0.1, -0.05) is 6.07 Å². The van der Waals surface area contributed by atoms with Crippen LogP contribution >= 0.6 is 0 Å². The minimum Gasteiger partial charge on any atom is -0.481 e. The second-order valence-corrected chi connectivity index (χ2v) is 3.40. The van der Waals surface area contributed by atoms with Crippen LogP contribution in [0.4, 0.5) is 5.95 Å². The normalized spacial score (nSPS) is 10.1. The standard InChI is InChI=1S/C10H12N6O2/c1-18-9-6(3-2-4-12-9)5-13-8(17)7-14-10(11)16-15-7/h2-4H,5H2,1H3,(H,13,17)(H3,11,14,15,16). The van der Waals surface area contributed by atoms with Gasteiger partial charge in [-0.05, 0) is 6.07 Å². The molecule has 2 heterocycles. The number of carbonyl (C=O) groups is 1. The molecule has 1 amide bonds. The highest BCUT2D eigenvalue weighted by atomic mass is 16.5. The quantitative estimate of drug-likeness (QED) is 0.684. The number of nitrogens with zero attached hydrogens (tertiary/aromatic N) is 3. The summed E-state index contributed by atoms with van der Waals surface area (Å²) in [6.45, 7) is 0.274. The fourth-order valence-electron chi connectivity index (χ4n) is 1.38. The van der Waals surface area contributed by atoms with Crippen LogP contribution in [0, 0.1) is 0 Å². The van der Waals surface area contributed by atoms with Crippen LogP contribution in [-0.2, 0) is 6.54 Å². The molecule has 8 heteroatoms. The van der Waals surface area contributed by atoms with E-state index in [9.17, 15) is 4.79 Å². The van der Waals surface area contributed by atoms with Crippen LogP contribution in [0.15, 0.2) is 18.3 Å². The third kappa shape index (κ3) is 2.54. The molecule has 0 fully saturated rings. The molecule has 2 rings (SSSR count). The predicted octanol–water partition coefficient (Wildman–Crippen LogP) is -0.279. The molecule has 0 radical (unpaired) electrons. The summed E-state index contributed by atoms with van der Waals surface area (Å²) in [5, 5.41) is 8.65. The van der Waals surface area contributed by atoms with Crippen LogP contribution in [0.3, 0.4) is 0 Å². The summed E-state index contributed by atoms with van der Waals surface area (Å²) in [7, 11) is 1.52. The van der Waals surface area contributed by atoms with Crippen molar-refractivity contribution >= 4 is 11.9 Å². The van der Waals surface area contributed by atoms with Crippen molar-refractivity contribution in [3.63, 3.8) is 0 Å². The van der Waals surface area contributed by atoms with E-state index in [0.29, 0.717) is 5.88 Å². The third-order valence-electron chi connectivity index (χ3n) is 2.20. The largest absolute Gasteiger partial charge is 0.481 e. The molecule has 0 aliphatic carbocycles. The summed E-state index contributed by atoms with van der Waals surface area (Å²) in [6, 6.07) is 3.57. The molecule has 0 atom stereocenters. The number of aromatic amines is 1. The van der Waals surface area contributed by atoms with Gasteiger partial charge >= 0.3 is 0 Å². The molecule has 0 saturated heterocycles. The van der Waals surface area contributed by atoms with E-state index in [-0.39, 0.29) is 18.3 Å². The number of nitrogens with two attached hydrogens (primary N) is 1. The molecule has 0 spiro atoms. The Morgan fingerprint density at radius 3 is 3.11 bits per heavy atom. The van der Waals surface area contributed by atoms with Crippen LogP contribution in [0.1, 0.15) is 16.2 Å². The predicted molar refractivity (Wildman–Crippen MR) is 62.8 cm³/mol. The second kappa shape index (κ2) is 5.13. The lowest BCUT2D eigenvalue weighted by Gasteiger charge is -2.07. The highest BCUT2D eigenvalue weighted by Crippen LogP contribution is 2.12. The number of anilines is 1. The summed E-state index contributed by atoms with van der Waals surface area (Å²) in [5.41, 5.74) is 6.07. The Bertz CT molecular complexity index is 553. The molecule has 94 valence electrons. The van der Waals surface area contributed by atoms with Crippen molar-refractivity contribution < 1.29 is 9.53 Å². The molecule has 0 aliphatic heterocycles. The van der Waals surface area contributed by atoms with Crippen molar-refractivity contribution in [2.45, 2.75) is 6.54 Å². The molecule has 4 N–H and O–H groups in total. The zero-order valence-corrected chi connectivity index (χ0v) is 9.67. The number of hydrogen-bond acceptors (Lipinski definition) is 6. The van der Waals surface area contributed by atoms with Crippen molar-refractivity contribution in [2.24, 2.45) is 0 Å². The summed E-state index contributed by atoms with van der Waals surface area (Å²) in [4.78, 5) is 19.4. The minimum atomic E-state index is -0.398. The fraction of sp³-hybridized carbons (Fsp3) is 0.200. The first kappa shape index (κ1) is 11.8. The first-order valence-corrected chi connectivity index (χ1v) is 5.14. The van der Waals surface area contributed by atoms with Crippen LogP contribution in [0.25, 0.3) is 0 Å². The van der Waals surface area contributed by atoms with Gasteiger partial charge in [0.05, 0.1) is 7.11 Å². The van der Waals surface area contributed by atoms with Crippen molar-refractivity contribution in [1.29, 1.82) is 0 Å². The molecule has 0 bridgehead atoms. The molecule has 2 aromatic rings. The number of ether oxygens (including phenoxy) is 1. The maximum atomic E-state index is 11.7. The van der Waals surface area contributed by atoms with Gasteiger partial charge in [-0.2, -0.15) is 4.98 Å². The van der Waals surface area contributed by atoms with E-state index in [0.717, 1.165) is 5.56 Å². The van der Waals surface area contributed by atoms with E-state index >= 15 is 0 Å². The number of pyridine rings is 1. The van der Waals surface area contributed by atoms with Gasteiger partial charge in [0.1, 0.15) is 0 Å². The van der Waals surface area contributed by atoms with Gasteiger partial charge in [-0.15, -0.1) is 5.10 Å². The number of nitrogens with one attached hydrogen (secondary N) is 2. The molecule has 2 aromatic heterocycles. The number of nitrogen functional groups attached to an aromatic ring is 1. The minimum absolute atomic E-state index is 0.0270. The van der Waals surface area contributed by atoms with E-state index < -0.39 is 5.91 Å². The zero-order valence-electron chi connectivity index (χ0n) is 9.67. The van der Waals surface area contributed by atoms with Gasteiger partial charge < -0.3 is 15.8 Å². The lowest BCUT2D eigenvalue weighted by Crippen LogP contribution is -2.24. The number of carbonyl (C=O) groups excluding carboxylic acids is 1. The maximum Gasteiger partial charge on any atom is 0.288 e. The van der Waals surface area contributed by atoms with Gasteiger partial charge in [0.25, 0.3) is 5.91 Å². The topological polar surface area (TPSA) is 119 Å². The second-order valence-electron chi connectivity index (χ2n) is 3.40. The molecular formula is C10H12N6O2. The average Bonchev–Trinajstić information content (AvgIpc) is 2.83. The average molecular weight is 248 g/mol. The Kier molecular flexibility index (Phi) is 3.37. The van der Waals surface area contributed by atoms with Crippen LogP contribution in [-0.4, -0.2) is 33.2 Å². The SMILES string of the molecule is COc1ncccc1CNC(=O)c1nc(N)n[nH]1. The smallest absolute Gasteiger partial charge is 0.288 e. The van der Waals surface area contributed by atoms with Crippen LogP contribution < -0.4 is 15.8 Å². The highest BCUT2D eigenvalue weighted by molar-refractivity contribution is 5.90. The highest BCUT2D eigenvalue weighted by Gasteiger charge is 2.11. The van der Waals surface area contributed by atoms with Crippen molar-refractivity contribution in [3.05, 3.63) is 29.7 Å². The number of hydrogen-bond donors (Lipinski definition) is 3. The first-order chi connectivity index (χ1) is 8.70. The molecule has 0 aromatic carbocycles. The molecule has 0 unspecified atom stereocenters. The van der Waals surface area contributed by atoms with Gasteiger partial charge in [0.2, 0.25) is 17.7 Å². The van der Waals surface area contributed by atoms with E-state index in [4.69, 9.17) is 10.5 Å². The van der Waals surface area contributed by atoms with Gasteiger partial charge in [-0.3, -0.25) is 9.89 Å². The molecular weight excluding hydrogens is 236 g/mol. The fourth-order valence-corrected chi connectivity index (χ4v) is 1.38. The van der Waals surface area contributed by atoms with E-state index in [2.05, 4.69) is 25.5 Å². The van der Waals surface area contributed by atoms with E-state index in [1.807, 2.05) is 0 Å². The number of aromatic nitrogens is 4. The summed E-state index contributed by atoms with van der Waals surface area (Å²) >= 11 is 0. The number of amides is 1. The Labute approximate surface area is 103 Å². The summed E-state index contributed by atoms with van der Waals surface area (Å²) in [5.74, 6) is 0.162. The Hall–Kier alpha value is -2.64. The maximum absolute atomic E-state index is 11.7. The Morgan fingerprint density at radius 2 is 2.44 bits per heavy atom. The van der Waals surface area contributed by atoms with Gasteiger partial charge in [0, 0.05) is 18.3 Å². The van der Waals surface area contributed by atoms with Gasteiger partial charge in [-0.25, -0.2) is 4.98 Å². The lowest BCUT2D eigenvalue weighted by atomic mass is 10.2. The van der Waals surface area contributed by atoms with E-state index in [1.165, 1.54) is 7.11 Å². The molecule has 0 aliphatic rings. The van der Waals surface area contributed by atoms with Crippen LogP contribution in [0.2, 0.25) is 0 Å². The van der Waals surface area contributed by atoms with Gasteiger partial charge in [0.15, 0.2) is 0 Å². The van der Waals surface area contributed by atoms with Crippen molar-refractivity contribution in [2.75, 3.05) is 12.8 Å². The first-order valence-electron chi connectivity index (χ1n) is 5.14. The monoisotopic (exact) mass is 248 g/mol. The Balaban J connectivity index is 2.01.